The van der Waals surface area contributed by atoms with Gasteiger partial charge in [-0.2, -0.15) is 5.10 Å². The quantitative estimate of drug-likeness (QED) is 0.603. The van der Waals surface area contributed by atoms with Crippen LogP contribution in [0, 0.1) is 6.92 Å². The number of ether oxygens (including phenoxy) is 1. The average Bonchev–Trinajstić information content (AvgIpc) is 2.95. The minimum atomic E-state index is -3.81. The van der Waals surface area contributed by atoms with Crippen LogP contribution in [0.2, 0.25) is 0 Å². The first-order chi connectivity index (χ1) is 12.8. The fraction of sp³-hybridized carbons (Fsp3) is 0.125. The number of hydrogen-bond donors (Lipinski definition) is 2. The van der Waals surface area contributed by atoms with E-state index in [0.717, 1.165) is 0 Å². The number of hydrogen-bond acceptors (Lipinski definition) is 7. The van der Waals surface area contributed by atoms with Crippen LogP contribution >= 0.6 is 0 Å². The highest BCUT2D eigenvalue weighted by Crippen LogP contribution is 2.15. The van der Waals surface area contributed by atoms with Crippen molar-refractivity contribution in [2.24, 2.45) is 5.14 Å². The molecule has 3 N–H and O–H groups in total. The number of amides is 1. The summed E-state index contributed by atoms with van der Waals surface area (Å²) in [5, 5.41) is 11.6. The molecule has 0 radical (unpaired) electrons. The smallest absolute Gasteiger partial charge is 0.344 e. The predicted octanol–water partition coefficient (Wildman–Crippen LogP) is 0.481. The number of aromatic nitrogens is 3. The number of esters is 1. The second kappa shape index (κ2) is 7.13. The SMILES string of the molecule is Cc1nn2cccnc2c1C(=O)OCC(=O)Nc1ccc(S(N)(=O)=O)cc1. The van der Waals surface area contributed by atoms with Crippen LogP contribution in [0.5, 0.6) is 0 Å². The normalized spacial score (nSPS) is 11.3. The maximum atomic E-state index is 12.3. The highest BCUT2D eigenvalue weighted by atomic mass is 32.2. The molecule has 0 spiro atoms. The van der Waals surface area contributed by atoms with Crippen molar-refractivity contribution in [2.45, 2.75) is 11.8 Å². The first kappa shape index (κ1) is 18.5. The van der Waals surface area contributed by atoms with Crippen molar-refractivity contribution in [3.05, 3.63) is 54.0 Å². The zero-order valence-electron chi connectivity index (χ0n) is 14.1. The van der Waals surface area contributed by atoms with Gasteiger partial charge < -0.3 is 10.1 Å². The molecular weight excluding hydrogens is 374 g/mol. The average molecular weight is 389 g/mol. The predicted molar refractivity (Wildman–Crippen MR) is 94.5 cm³/mol. The molecule has 2 heterocycles. The Bertz CT molecular complexity index is 1120. The number of aryl methyl sites for hydroxylation is 1. The minimum Gasteiger partial charge on any atom is -0.452 e. The van der Waals surface area contributed by atoms with Crippen molar-refractivity contribution in [1.82, 2.24) is 14.6 Å². The van der Waals surface area contributed by atoms with Gasteiger partial charge in [-0.05, 0) is 37.3 Å². The fourth-order valence-corrected chi connectivity index (χ4v) is 2.88. The van der Waals surface area contributed by atoms with E-state index in [9.17, 15) is 18.0 Å². The lowest BCUT2D eigenvalue weighted by atomic mass is 10.2. The Morgan fingerprint density at radius 1 is 1.26 bits per heavy atom. The van der Waals surface area contributed by atoms with Gasteiger partial charge in [-0.15, -0.1) is 0 Å². The van der Waals surface area contributed by atoms with Gasteiger partial charge in [0.15, 0.2) is 12.3 Å². The van der Waals surface area contributed by atoms with Crippen molar-refractivity contribution in [1.29, 1.82) is 0 Å². The molecule has 0 unspecified atom stereocenters. The van der Waals surface area contributed by atoms with Crippen molar-refractivity contribution in [2.75, 3.05) is 11.9 Å². The Labute approximate surface area is 154 Å². The Hall–Kier alpha value is -3.31. The number of benzene rings is 1. The number of primary sulfonamides is 1. The van der Waals surface area contributed by atoms with Crippen LogP contribution in [-0.4, -0.2) is 41.5 Å². The molecule has 0 saturated heterocycles. The largest absolute Gasteiger partial charge is 0.452 e. The molecule has 3 aromatic rings. The Morgan fingerprint density at radius 2 is 1.96 bits per heavy atom. The maximum absolute atomic E-state index is 12.3. The first-order valence-electron chi connectivity index (χ1n) is 7.65. The van der Waals surface area contributed by atoms with Gasteiger partial charge in [-0.3, -0.25) is 4.79 Å². The van der Waals surface area contributed by atoms with E-state index >= 15 is 0 Å². The highest BCUT2D eigenvalue weighted by molar-refractivity contribution is 7.89. The first-order valence-corrected chi connectivity index (χ1v) is 9.20. The van der Waals surface area contributed by atoms with E-state index in [1.54, 1.807) is 19.2 Å². The number of nitrogens with two attached hydrogens (primary N) is 1. The summed E-state index contributed by atoms with van der Waals surface area (Å²) < 4.78 is 28.9. The molecule has 1 aromatic carbocycles. The number of anilines is 1. The van der Waals surface area contributed by atoms with E-state index < -0.39 is 28.5 Å². The summed E-state index contributed by atoms with van der Waals surface area (Å²) in [6.07, 6.45) is 3.16. The van der Waals surface area contributed by atoms with E-state index in [2.05, 4.69) is 15.4 Å². The van der Waals surface area contributed by atoms with Gasteiger partial charge in [0.25, 0.3) is 5.91 Å². The summed E-state index contributed by atoms with van der Waals surface area (Å²) in [5.74, 6) is -1.31. The van der Waals surface area contributed by atoms with Gasteiger partial charge in [-0.1, -0.05) is 0 Å². The second-order valence-electron chi connectivity index (χ2n) is 5.54. The molecule has 1 amide bonds. The molecule has 0 fully saturated rings. The molecule has 11 heteroatoms. The molecule has 0 atom stereocenters. The zero-order valence-corrected chi connectivity index (χ0v) is 14.9. The van der Waals surface area contributed by atoms with Crippen LogP contribution in [-0.2, 0) is 19.6 Å². The van der Waals surface area contributed by atoms with Gasteiger partial charge in [0, 0.05) is 18.1 Å². The van der Waals surface area contributed by atoms with Crippen LogP contribution in [0.4, 0.5) is 5.69 Å². The topological polar surface area (TPSA) is 146 Å². The van der Waals surface area contributed by atoms with Crippen molar-refractivity contribution in [3.8, 4) is 0 Å². The van der Waals surface area contributed by atoms with Crippen LogP contribution < -0.4 is 10.5 Å². The van der Waals surface area contributed by atoms with Crippen molar-refractivity contribution < 1.29 is 22.7 Å². The van der Waals surface area contributed by atoms with Crippen LogP contribution in [0.3, 0.4) is 0 Å². The number of sulfonamides is 1. The monoisotopic (exact) mass is 389 g/mol. The zero-order chi connectivity index (χ0) is 19.6. The number of nitrogens with one attached hydrogen (secondary N) is 1. The summed E-state index contributed by atoms with van der Waals surface area (Å²) in [4.78, 5) is 28.2. The maximum Gasteiger partial charge on any atom is 0.344 e. The highest BCUT2D eigenvalue weighted by Gasteiger charge is 2.20. The molecule has 0 aliphatic heterocycles. The van der Waals surface area contributed by atoms with E-state index in [4.69, 9.17) is 9.88 Å². The second-order valence-corrected chi connectivity index (χ2v) is 7.10. The summed E-state index contributed by atoms with van der Waals surface area (Å²) in [6, 6.07) is 6.93. The molecule has 0 aliphatic carbocycles. The third-order valence-corrected chi connectivity index (χ3v) is 4.50. The Kier molecular flexibility index (Phi) is 4.88. The van der Waals surface area contributed by atoms with Crippen molar-refractivity contribution >= 4 is 33.2 Å². The summed E-state index contributed by atoms with van der Waals surface area (Å²) in [6.45, 7) is 1.11. The number of fused-ring (bicyclic) bond motifs is 1. The lowest BCUT2D eigenvalue weighted by Crippen LogP contribution is -2.21. The molecule has 0 bridgehead atoms. The Morgan fingerprint density at radius 3 is 2.63 bits per heavy atom. The van der Waals surface area contributed by atoms with Crippen LogP contribution in [0.1, 0.15) is 16.1 Å². The van der Waals surface area contributed by atoms with Gasteiger partial charge in [0.1, 0.15) is 5.56 Å². The lowest BCUT2D eigenvalue weighted by Gasteiger charge is -2.07. The van der Waals surface area contributed by atoms with Gasteiger partial charge >= 0.3 is 5.97 Å². The third-order valence-electron chi connectivity index (χ3n) is 3.58. The molecule has 0 aliphatic rings. The van der Waals surface area contributed by atoms with Gasteiger partial charge in [0.05, 0.1) is 10.6 Å². The van der Waals surface area contributed by atoms with E-state index in [-0.39, 0.29) is 10.5 Å². The van der Waals surface area contributed by atoms with Gasteiger partial charge in [-0.25, -0.2) is 27.9 Å². The summed E-state index contributed by atoms with van der Waals surface area (Å²) in [7, 11) is -3.81. The number of nitrogens with zero attached hydrogens (tertiary/aromatic N) is 3. The van der Waals surface area contributed by atoms with E-state index in [1.165, 1.54) is 35.0 Å². The molecule has 10 nitrogen and oxygen atoms in total. The molecule has 2 aromatic heterocycles. The fourth-order valence-electron chi connectivity index (χ4n) is 2.36. The lowest BCUT2D eigenvalue weighted by molar-refractivity contribution is -0.119. The summed E-state index contributed by atoms with van der Waals surface area (Å²) in [5.41, 5.74) is 1.27. The van der Waals surface area contributed by atoms with Crippen LogP contribution in [0.15, 0.2) is 47.6 Å². The van der Waals surface area contributed by atoms with Crippen molar-refractivity contribution in [3.63, 3.8) is 0 Å². The number of rotatable bonds is 5. The molecule has 27 heavy (non-hydrogen) atoms. The Balaban J connectivity index is 1.63. The summed E-state index contributed by atoms with van der Waals surface area (Å²) >= 11 is 0. The van der Waals surface area contributed by atoms with Crippen LogP contribution in [0.25, 0.3) is 5.65 Å². The standard InChI is InChI=1S/C16H15N5O5S/c1-10-14(15-18-7-2-8-21(15)20-10)16(23)26-9-13(22)19-11-3-5-12(6-4-11)27(17,24)25/h2-8H,9H2,1H3,(H,19,22)(H2,17,24,25). The molecule has 140 valence electrons. The number of carbonyl (C=O) groups excluding carboxylic acids is 2. The molecule has 3 rings (SSSR count). The van der Waals surface area contributed by atoms with Gasteiger partial charge in [0.2, 0.25) is 10.0 Å². The number of carbonyl (C=O) groups is 2. The van der Waals surface area contributed by atoms with E-state index in [0.29, 0.717) is 17.0 Å². The third kappa shape index (κ3) is 4.10. The van der Waals surface area contributed by atoms with E-state index in [1.807, 2.05) is 0 Å². The molecular formula is C16H15N5O5S. The molecule has 0 saturated carbocycles. The minimum absolute atomic E-state index is 0.0806.